The second-order valence-electron chi connectivity index (χ2n) is 7.75. The predicted molar refractivity (Wildman–Crippen MR) is 99.7 cm³/mol. The largest absolute Gasteiger partial charge is 0.455 e. The zero-order valence-electron chi connectivity index (χ0n) is 16.5. The van der Waals surface area contributed by atoms with Crippen LogP contribution in [0.3, 0.4) is 0 Å². The van der Waals surface area contributed by atoms with Gasteiger partial charge in [0.2, 0.25) is 0 Å². The lowest BCUT2D eigenvalue weighted by Crippen LogP contribution is -3.07. The summed E-state index contributed by atoms with van der Waals surface area (Å²) in [6.45, 7) is 5.52. The minimum Gasteiger partial charge on any atom is -0.455 e. The van der Waals surface area contributed by atoms with Gasteiger partial charge in [-0.3, -0.25) is 9.59 Å². The summed E-state index contributed by atoms with van der Waals surface area (Å²) in [5.41, 5.74) is 1.68. The molecule has 0 aromatic heterocycles. The monoisotopic (exact) mass is 350 g/mol. The molecule has 1 rings (SSSR count). The standard InChI is InChI=1S/C19H31N3O3/c1-19(2,3)18(24)25-13-17(23)20-12-16(22(6)7)14-8-10-15(11-9-14)21(4)5/h8-11,16H,12-13H2,1-7H3,(H,20,23)/p+1/t16-/m1/s1. The van der Waals surface area contributed by atoms with E-state index in [2.05, 4.69) is 43.7 Å². The molecule has 0 fully saturated rings. The SMILES string of the molecule is CN(C)c1ccc([C@@H](CNC(=O)COC(=O)C(C)(C)C)[NH+](C)C)cc1. The number of hydrogen-bond donors (Lipinski definition) is 2. The highest BCUT2D eigenvalue weighted by atomic mass is 16.5. The first kappa shape index (κ1) is 21.0. The van der Waals surface area contributed by atoms with E-state index in [0.29, 0.717) is 6.54 Å². The number of nitrogens with zero attached hydrogens (tertiary/aromatic N) is 1. The van der Waals surface area contributed by atoms with E-state index in [-0.39, 0.29) is 24.5 Å². The van der Waals surface area contributed by atoms with Crippen LogP contribution in [-0.4, -0.2) is 53.2 Å². The first-order valence-electron chi connectivity index (χ1n) is 8.53. The molecular weight excluding hydrogens is 318 g/mol. The molecular formula is C19H32N3O3+. The van der Waals surface area contributed by atoms with Crippen LogP contribution < -0.4 is 15.1 Å². The summed E-state index contributed by atoms with van der Waals surface area (Å²) >= 11 is 0. The summed E-state index contributed by atoms with van der Waals surface area (Å²) in [7, 11) is 8.11. The molecule has 0 aliphatic heterocycles. The van der Waals surface area contributed by atoms with E-state index in [1.807, 2.05) is 19.0 Å². The molecule has 0 spiro atoms. The minimum absolute atomic E-state index is 0.124. The Bertz CT molecular complexity index is 575. The fourth-order valence-electron chi connectivity index (χ4n) is 2.27. The summed E-state index contributed by atoms with van der Waals surface area (Å²) in [4.78, 5) is 26.9. The number of carbonyl (C=O) groups is 2. The number of anilines is 1. The van der Waals surface area contributed by atoms with E-state index in [9.17, 15) is 9.59 Å². The van der Waals surface area contributed by atoms with Crippen molar-refractivity contribution < 1.29 is 19.2 Å². The Balaban J connectivity index is 2.61. The molecule has 0 aliphatic rings. The Morgan fingerprint density at radius 1 is 1.16 bits per heavy atom. The summed E-state index contributed by atoms with van der Waals surface area (Å²) in [5.74, 6) is -0.662. The fraction of sp³-hybridized carbons (Fsp3) is 0.579. The van der Waals surface area contributed by atoms with Crippen molar-refractivity contribution in [3.8, 4) is 0 Å². The molecule has 6 nitrogen and oxygen atoms in total. The zero-order chi connectivity index (χ0) is 19.2. The van der Waals surface area contributed by atoms with Gasteiger partial charge >= 0.3 is 5.97 Å². The van der Waals surface area contributed by atoms with Gasteiger partial charge in [-0.2, -0.15) is 0 Å². The van der Waals surface area contributed by atoms with Crippen molar-refractivity contribution in [1.29, 1.82) is 0 Å². The van der Waals surface area contributed by atoms with Crippen LogP contribution in [0.1, 0.15) is 32.4 Å². The number of rotatable bonds is 7. The van der Waals surface area contributed by atoms with Crippen LogP contribution >= 0.6 is 0 Å². The normalized spacial score (nSPS) is 12.6. The maximum absolute atomic E-state index is 12.0. The smallest absolute Gasteiger partial charge is 0.311 e. The number of nitrogens with one attached hydrogen (secondary N) is 2. The van der Waals surface area contributed by atoms with Crippen LogP contribution in [0, 0.1) is 5.41 Å². The third-order valence-electron chi connectivity index (χ3n) is 3.96. The van der Waals surface area contributed by atoms with Gasteiger partial charge in [-0.15, -0.1) is 0 Å². The van der Waals surface area contributed by atoms with Gasteiger partial charge in [0.25, 0.3) is 5.91 Å². The molecule has 25 heavy (non-hydrogen) atoms. The Kier molecular flexibility index (Phi) is 7.42. The first-order valence-corrected chi connectivity index (χ1v) is 8.53. The molecule has 0 bridgehead atoms. The molecule has 0 saturated carbocycles. The highest BCUT2D eigenvalue weighted by Gasteiger charge is 2.24. The van der Waals surface area contributed by atoms with Crippen molar-refractivity contribution in [2.75, 3.05) is 46.2 Å². The number of benzene rings is 1. The molecule has 140 valence electrons. The van der Waals surface area contributed by atoms with Crippen LogP contribution in [-0.2, 0) is 14.3 Å². The molecule has 1 amide bonds. The Morgan fingerprint density at radius 3 is 2.16 bits per heavy atom. The van der Waals surface area contributed by atoms with Crippen molar-refractivity contribution >= 4 is 17.6 Å². The fourth-order valence-corrected chi connectivity index (χ4v) is 2.27. The Hall–Kier alpha value is -2.08. The minimum atomic E-state index is -0.606. The lowest BCUT2D eigenvalue weighted by atomic mass is 9.97. The van der Waals surface area contributed by atoms with Crippen LogP contribution in [0.5, 0.6) is 0 Å². The lowest BCUT2D eigenvalue weighted by molar-refractivity contribution is -0.890. The van der Waals surface area contributed by atoms with Crippen LogP contribution in [0.25, 0.3) is 0 Å². The van der Waals surface area contributed by atoms with Gasteiger partial charge in [-0.25, -0.2) is 0 Å². The molecule has 2 N–H and O–H groups in total. The predicted octanol–water partition coefficient (Wildman–Crippen LogP) is 0.644. The molecule has 6 heteroatoms. The molecule has 0 heterocycles. The molecule has 0 unspecified atom stereocenters. The third kappa shape index (κ3) is 6.74. The topological polar surface area (TPSA) is 63.1 Å². The van der Waals surface area contributed by atoms with Crippen molar-refractivity contribution in [2.24, 2.45) is 5.41 Å². The van der Waals surface area contributed by atoms with E-state index in [1.54, 1.807) is 20.8 Å². The van der Waals surface area contributed by atoms with Gasteiger partial charge in [0.05, 0.1) is 26.1 Å². The number of likely N-dealkylation sites (N-methyl/N-ethyl adjacent to an activating group) is 1. The van der Waals surface area contributed by atoms with E-state index >= 15 is 0 Å². The molecule has 0 saturated heterocycles. The molecule has 1 aromatic rings. The van der Waals surface area contributed by atoms with E-state index < -0.39 is 5.41 Å². The van der Waals surface area contributed by atoms with Gasteiger partial charge in [0.15, 0.2) is 6.61 Å². The first-order chi connectivity index (χ1) is 11.5. The van der Waals surface area contributed by atoms with Gasteiger partial charge < -0.3 is 19.9 Å². The van der Waals surface area contributed by atoms with E-state index in [4.69, 9.17) is 4.74 Å². The highest BCUT2D eigenvalue weighted by molar-refractivity contribution is 5.82. The van der Waals surface area contributed by atoms with Gasteiger partial charge in [-0.05, 0) is 32.9 Å². The summed E-state index contributed by atoms with van der Waals surface area (Å²) in [5, 5.41) is 2.86. The maximum Gasteiger partial charge on any atom is 0.311 e. The zero-order valence-corrected chi connectivity index (χ0v) is 16.5. The number of esters is 1. The Morgan fingerprint density at radius 2 is 1.72 bits per heavy atom. The number of hydrogen-bond acceptors (Lipinski definition) is 4. The number of carbonyl (C=O) groups excluding carboxylic acids is 2. The average molecular weight is 350 g/mol. The van der Waals surface area contributed by atoms with E-state index in [1.165, 1.54) is 4.90 Å². The molecule has 1 atom stereocenters. The molecule has 0 aliphatic carbocycles. The maximum atomic E-state index is 12.0. The van der Waals surface area contributed by atoms with Crippen molar-refractivity contribution in [3.05, 3.63) is 29.8 Å². The van der Waals surface area contributed by atoms with Crippen molar-refractivity contribution in [3.63, 3.8) is 0 Å². The van der Waals surface area contributed by atoms with Gasteiger partial charge in [0.1, 0.15) is 6.04 Å². The number of ether oxygens (including phenoxy) is 1. The quantitative estimate of drug-likeness (QED) is 0.709. The Labute approximate surface area is 151 Å². The summed E-state index contributed by atoms with van der Waals surface area (Å²) in [6.07, 6.45) is 0. The van der Waals surface area contributed by atoms with E-state index in [0.717, 1.165) is 11.3 Å². The average Bonchev–Trinajstić information content (AvgIpc) is 2.51. The van der Waals surface area contributed by atoms with Gasteiger partial charge in [0, 0.05) is 25.3 Å². The highest BCUT2D eigenvalue weighted by Crippen LogP contribution is 2.16. The summed E-state index contributed by atoms with van der Waals surface area (Å²) in [6, 6.07) is 8.42. The van der Waals surface area contributed by atoms with Gasteiger partial charge in [-0.1, -0.05) is 12.1 Å². The second-order valence-corrected chi connectivity index (χ2v) is 7.75. The lowest BCUT2D eigenvalue weighted by Gasteiger charge is -2.23. The van der Waals surface area contributed by atoms with Crippen molar-refractivity contribution in [1.82, 2.24) is 5.32 Å². The number of amides is 1. The number of quaternary nitrogens is 1. The van der Waals surface area contributed by atoms with Crippen LogP contribution in [0.4, 0.5) is 5.69 Å². The molecule has 0 radical (unpaired) electrons. The third-order valence-corrected chi connectivity index (χ3v) is 3.96. The second kappa shape index (κ2) is 8.85. The van der Waals surface area contributed by atoms with Crippen LogP contribution in [0.15, 0.2) is 24.3 Å². The van der Waals surface area contributed by atoms with Crippen molar-refractivity contribution in [2.45, 2.75) is 26.8 Å². The van der Waals surface area contributed by atoms with Crippen LogP contribution in [0.2, 0.25) is 0 Å². The summed E-state index contributed by atoms with van der Waals surface area (Å²) < 4.78 is 5.05. The molecule has 1 aromatic carbocycles.